The Hall–Kier alpha value is -1.26. The van der Waals surface area contributed by atoms with Gasteiger partial charge in [-0.1, -0.05) is 24.3 Å². The molecule has 2 rings (SSSR count). The Bertz CT molecular complexity index is 626. The summed E-state index contributed by atoms with van der Waals surface area (Å²) in [5.41, 5.74) is 9.82. The van der Waals surface area contributed by atoms with E-state index in [-0.39, 0.29) is 4.47 Å². The van der Waals surface area contributed by atoms with Crippen molar-refractivity contribution in [3.05, 3.63) is 68.7 Å². The van der Waals surface area contributed by atoms with Crippen molar-refractivity contribution in [3.63, 3.8) is 0 Å². The third-order valence-electron chi connectivity index (χ3n) is 3.29. The first kappa shape index (κ1) is 14.2. The van der Waals surface area contributed by atoms with Gasteiger partial charge in [0.05, 0.1) is 10.5 Å². The quantitative estimate of drug-likeness (QED) is 0.814. The molecule has 0 saturated carbocycles. The molecular formula is C15H14BrF2N. The minimum Gasteiger partial charge on any atom is -0.320 e. The van der Waals surface area contributed by atoms with Crippen LogP contribution in [0.4, 0.5) is 8.78 Å². The van der Waals surface area contributed by atoms with Crippen molar-refractivity contribution in [2.24, 2.45) is 5.73 Å². The van der Waals surface area contributed by atoms with Gasteiger partial charge in [-0.2, -0.15) is 0 Å². The first-order valence-electron chi connectivity index (χ1n) is 5.88. The maximum atomic E-state index is 13.5. The van der Waals surface area contributed by atoms with Crippen LogP contribution in [-0.4, -0.2) is 0 Å². The molecule has 1 unspecified atom stereocenters. The fourth-order valence-electron chi connectivity index (χ4n) is 1.92. The van der Waals surface area contributed by atoms with E-state index in [0.29, 0.717) is 5.56 Å². The largest absolute Gasteiger partial charge is 0.320 e. The van der Waals surface area contributed by atoms with Crippen molar-refractivity contribution in [3.8, 4) is 0 Å². The molecule has 0 spiro atoms. The van der Waals surface area contributed by atoms with Gasteiger partial charge in [0.25, 0.3) is 0 Å². The van der Waals surface area contributed by atoms with Crippen LogP contribution in [0.3, 0.4) is 0 Å². The molecule has 0 heterocycles. The molecule has 0 aliphatic rings. The van der Waals surface area contributed by atoms with Gasteiger partial charge in [0, 0.05) is 0 Å². The van der Waals surface area contributed by atoms with E-state index >= 15 is 0 Å². The zero-order valence-electron chi connectivity index (χ0n) is 10.7. The summed E-state index contributed by atoms with van der Waals surface area (Å²) in [6.07, 6.45) is 0. The highest BCUT2D eigenvalue weighted by molar-refractivity contribution is 9.10. The Morgan fingerprint density at radius 2 is 1.74 bits per heavy atom. The number of nitrogens with two attached hydrogens (primary N) is 1. The van der Waals surface area contributed by atoms with E-state index < -0.39 is 17.7 Å². The van der Waals surface area contributed by atoms with Crippen LogP contribution in [0.1, 0.15) is 28.3 Å². The van der Waals surface area contributed by atoms with E-state index in [1.165, 1.54) is 11.6 Å². The van der Waals surface area contributed by atoms with E-state index in [1.807, 2.05) is 32.0 Å². The standard InChI is InChI=1S/C15H14BrF2N/c1-8-3-4-10(7-9(8)2)15(19)11-5-6-12(17)14(18)13(11)16/h3-7,15H,19H2,1-2H3. The van der Waals surface area contributed by atoms with Gasteiger partial charge in [0.2, 0.25) is 0 Å². The van der Waals surface area contributed by atoms with E-state index in [2.05, 4.69) is 15.9 Å². The van der Waals surface area contributed by atoms with E-state index in [1.54, 1.807) is 0 Å². The summed E-state index contributed by atoms with van der Waals surface area (Å²) < 4.78 is 26.7. The molecule has 100 valence electrons. The Kier molecular flexibility index (Phi) is 4.02. The first-order valence-corrected chi connectivity index (χ1v) is 6.67. The SMILES string of the molecule is Cc1ccc(C(N)c2ccc(F)c(F)c2Br)cc1C. The molecule has 2 aromatic rings. The van der Waals surface area contributed by atoms with Gasteiger partial charge < -0.3 is 5.73 Å². The number of halogens is 3. The van der Waals surface area contributed by atoms with Crippen LogP contribution in [0.5, 0.6) is 0 Å². The van der Waals surface area contributed by atoms with Gasteiger partial charge in [0.15, 0.2) is 11.6 Å². The number of rotatable bonds is 2. The Morgan fingerprint density at radius 3 is 2.37 bits per heavy atom. The maximum Gasteiger partial charge on any atom is 0.173 e. The topological polar surface area (TPSA) is 26.0 Å². The molecule has 2 aromatic carbocycles. The van der Waals surface area contributed by atoms with Gasteiger partial charge in [0.1, 0.15) is 0 Å². The zero-order valence-corrected chi connectivity index (χ0v) is 12.3. The van der Waals surface area contributed by atoms with Crippen LogP contribution in [0, 0.1) is 25.5 Å². The van der Waals surface area contributed by atoms with E-state index in [0.717, 1.165) is 17.2 Å². The predicted octanol–water partition coefficient (Wildman–Crippen LogP) is 4.39. The van der Waals surface area contributed by atoms with Crippen LogP contribution in [0.15, 0.2) is 34.8 Å². The van der Waals surface area contributed by atoms with Crippen LogP contribution in [-0.2, 0) is 0 Å². The maximum absolute atomic E-state index is 13.5. The average Bonchev–Trinajstić information content (AvgIpc) is 2.39. The van der Waals surface area contributed by atoms with E-state index in [9.17, 15) is 8.78 Å². The van der Waals surface area contributed by atoms with Crippen LogP contribution in [0.2, 0.25) is 0 Å². The van der Waals surface area contributed by atoms with Gasteiger partial charge in [-0.3, -0.25) is 0 Å². The third kappa shape index (κ3) is 2.69. The minimum atomic E-state index is -0.906. The van der Waals surface area contributed by atoms with Gasteiger partial charge in [-0.05, 0) is 58.1 Å². The monoisotopic (exact) mass is 325 g/mol. The van der Waals surface area contributed by atoms with Crippen molar-refractivity contribution < 1.29 is 8.78 Å². The molecule has 1 nitrogen and oxygen atoms in total. The molecule has 0 saturated heterocycles. The van der Waals surface area contributed by atoms with Gasteiger partial charge >= 0.3 is 0 Å². The summed E-state index contributed by atoms with van der Waals surface area (Å²) in [4.78, 5) is 0. The summed E-state index contributed by atoms with van der Waals surface area (Å²) in [5, 5.41) is 0. The molecule has 0 aliphatic heterocycles. The molecule has 0 aromatic heterocycles. The van der Waals surface area contributed by atoms with Gasteiger partial charge in [-0.25, -0.2) is 8.78 Å². The number of hydrogen-bond donors (Lipinski definition) is 1. The van der Waals surface area contributed by atoms with Gasteiger partial charge in [-0.15, -0.1) is 0 Å². The smallest absolute Gasteiger partial charge is 0.173 e. The summed E-state index contributed by atoms with van der Waals surface area (Å²) in [5.74, 6) is -1.79. The molecule has 0 amide bonds. The summed E-state index contributed by atoms with van der Waals surface area (Å²) >= 11 is 3.07. The molecular weight excluding hydrogens is 312 g/mol. The van der Waals surface area contributed by atoms with Crippen LogP contribution in [0.25, 0.3) is 0 Å². The van der Waals surface area contributed by atoms with Crippen molar-refractivity contribution in [1.82, 2.24) is 0 Å². The zero-order chi connectivity index (χ0) is 14.2. The first-order chi connectivity index (χ1) is 8.91. The molecule has 0 aliphatic carbocycles. The Balaban J connectivity index is 2.47. The molecule has 0 radical (unpaired) electrons. The minimum absolute atomic E-state index is 0.0817. The van der Waals surface area contributed by atoms with Crippen molar-refractivity contribution in [2.45, 2.75) is 19.9 Å². The molecule has 0 bridgehead atoms. The highest BCUT2D eigenvalue weighted by Crippen LogP contribution is 2.30. The average molecular weight is 326 g/mol. The highest BCUT2D eigenvalue weighted by atomic mass is 79.9. The Labute approximate surface area is 119 Å². The summed E-state index contributed by atoms with van der Waals surface area (Å²) in [7, 11) is 0. The molecule has 1 atom stereocenters. The second kappa shape index (κ2) is 5.39. The molecule has 2 N–H and O–H groups in total. The normalized spacial score (nSPS) is 12.5. The van der Waals surface area contributed by atoms with E-state index in [4.69, 9.17) is 5.73 Å². The molecule has 4 heteroatoms. The number of benzene rings is 2. The number of hydrogen-bond acceptors (Lipinski definition) is 1. The lowest BCUT2D eigenvalue weighted by atomic mass is 9.96. The van der Waals surface area contributed by atoms with Crippen molar-refractivity contribution in [2.75, 3.05) is 0 Å². The lowest BCUT2D eigenvalue weighted by Crippen LogP contribution is -2.13. The highest BCUT2D eigenvalue weighted by Gasteiger charge is 2.17. The summed E-state index contributed by atoms with van der Waals surface area (Å²) in [6.45, 7) is 4.00. The van der Waals surface area contributed by atoms with Crippen molar-refractivity contribution >= 4 is 15.9 Å². The van der Waals surface area contributed by atoms with Crippen LogP contribution < -0.4 is 5.73 Å². The number of aryl methyl sites for hydroxylation is 2. The lowest BCUT2D eigenvalue weighted by molar-refractivity contribution is 0.501. The summed E-state index contributed by atoms with van der Waals surface area (Å²) in [6, 6.07) is 7.94. The Morgan fingerprint density at radius 1 is 1.05 bits per heavy atom. The fraction of sp³-hybridized carbons (Fsp3) is 0.200. The fourth-order valence-corrected chi connectivity index (χ4v) is 2.49. The van der Waals surface area contributed by atoms with Crippen LogP contribution >= 0.6 is 15.9 Å². The second-order valence-corrected chi connectivity index (χ2v) is 5.38. The predicted molar refractivity (Wildman–Crippen MR) is 76.0 cm³/mol. The molecule has 0 fully saturated rings. The van der Waals surface area contributed by atoms with Crippen molar-refractivity contribution in [1.29, 1.82) is 0 Å². The lowest BCUT2D eigenvalue weighted by Gasteiger charge is -2.16. The second-order valence-electron chi connectivity index (χ2n) is 4.59. The molecule has 19 heavy (non-hydrogen) atoms. The third-order valence-corrected chi connectivity index (χ3v) is 4.10.